The van der Waals surface area contributed by atoms with Gasteiger partial charge in [0.25, 0.3) is 5.56 Å². The van der Waals surface area contributed by atoms with Crippen LogP contribution in [-0.2, 0) is 6.54 Å². The first-order valence-corrected chi connectivity index (χ1v) is 7.86. The van der Waals surface area contributed by atoms with E-state index in [0.717, 1.165) is 30.7 Å². The van der Waals surface area contributed by atoms with Crippen molar-refractivity contribution >= 4 is 5.69 Å². The first kappa shape index (κ1) is 13.7. The summed E-state index contributed by atoms with van der Waals surface area (Å²) >= 11 is 0. The van der Waals surface area contributed by atoms with Crippen LogP contribution in [0.25, 0.3) is 0 Å². The largest absolute Gasteiger partial charge is 0.381 e. The number of fused-ring (bicyclic) bond motifs is 2. The molecule has 3 heterocycles. The van der Waals surface area contributed by atoms with E-state index in [9.17, 15) is 4.79 Å². The number of rotatable bonds is 4. The van der Waals surface area contributed by atoms with Crippen LogP contribution >= 0.6 is 0 Å². The maximum atomic E-state index is 11.7. The third kappa shape index (κ3) is 2.62. The van der Waals surface area contributed by atoms with Gasteiger partial charge in [0, 0.05) is 36.9 Å². The highest BCUT2D eigenvalue weighted by atomic mass is 16.1. The molecular formula is C16H25N3O. The molecule has 2 saturated heterocycles. The zero-order chi connectivity index (χ0) is 14.1. The van der Waals surface area contributed by atoms with Gasteiger partial charge in [-0.15, -0.1) is 0 Å². The van der Waals surface area contributed by atoms with Crippen LogP contribution in [0.1, 0.15) is 39.0 Å². The Morgan fingerprint density at radius 1 is 1.25 bits per heavy atom. The van der Waals surface area contributed by atoms with Crippen molar-refractivity contribution in [2.45, 2.75) is 63.7 Å². The lowest BCUT2D eigenvalue weighted by Crippen LogP contribution is -2.44. The Morgan fingerprint density at radius 3 is 2.60 bits per heavy atom. The molecule has 3 rings (SSSR count). The molecule has 0 amide bonds. The van der Waals surface area contributed by atoms with Crippen LogP contribution in [0, 0.1) is 0 Å². The lowest BCUT2D eigenvalue weighted by atomic mass is 9.98. The van der Waals surface area contributed by atoms with Gasteiger partial charge in [-0.25, -0.2) is 0 Å². The van der Waals surface area contributed by atoms with Crippen LogP contribution < -0.4 is 10.9 Å². The molecule has 2 aliphatic rings. The maximum Gasteiger partial charge on any atom is 0.250 e. The van der Waals surface area contributed by atoms with Crippen molar-refractivity contribution in [2.24, 2.45) is 0 Å². The molecule has 2 atom stereocenters. The molecule has 0 aliphatic carbocycles. The van der Waals surface area contributed by atoms with E-state index in [1.54, 1.807) is 6.07 Å². The number of nitrogens with zero attached hydrogens (tertiary/aromatic N) is 2. The zero-order valence-electron chi connectivity index (χ0n) is 12.5. The minimum Gasteiger partial charge on any atom is -0.381 e. The molecule has 0 radical (unpaired) electrons. The molecule has 2 aliphatic heterocycles. The second-order valence-electron chi connectivity index (χ2n) is 6.31. The normalized spacial score (nSPS) is 29.6. The molecule has 1 N–H and O–H groups in total. The Bertz CT molecular complexity index is 511. The summed E-state index contributed by atoms with van der Waals surface area (Å²) in [6, 6.07) is 5.65. The molecule has 0 saturated carbocycles. The molecule has 2 bridgehead atoms. The Labute approximate surface area is 120 Å². The fraction of sp³-hybridized carbons (Fsp3) is 0.688. The summed E-state index contributed by atoms with van der Waals surface area (Å²) in [5, 5.41) is 3.64. The predicted molar refractivity (Wildman–Crippen MR) is 82.2 cm³/mol. The van der Waals surface area contributed by atoms with Gasteiger partial charge < -0.3 is 14.8 Å². The van der Waals surface area contributed by atoms with E-state index in [1.165, 1.54) is 25.7 Å². The highest BCUT2D eigenvalue weighted by Gasteiger charge is 2.38. The smallest absolute Gasteiger partial charge is 0.250 e. The quantitative estimate of drug-likeness (QED) is 0.916. The van der Waals surface area contributed by atoms with Crippen LogP contribution in [0.15, 0.2) is 23.1 Å². The third-order valence-corrected chi connectivity index (χ3v) is 4.92. The molecule has 1 aromatic rings. The van der Waals surface area contributed by atoms with Gasteiger partial charge in [0.05, 0.1) is 5.69 Å². The molecule has 110 valence electrons. The lowest BCUT2D eigenvalue weighted by molar-refractivity contribution is 0.169. The van der Waals surface area contributed by atoms with Crippen LogP contribution in [-0.4, -0.2) is 34.6 Å². The van der Waals surface area contributed by atoms with Crippen LogP contribution in [0.5, 0.6) is 0 Å². The third-order valence-electron chi connectivity index (χ3n) is 4.92. The predicted octanol–water partition coefficient (Wildman–Crippen LogP) is 2.30. The van der Waals surface area contributed by atoms with Gasteiger partial charge in [-0.2, -0.15) is 0 Å². The van der Waals surface area contributed by atoms with E-state index in [-0.39, 0.29) is 5.56 Å². The minimum atomic E-state index is 0.0980. The minimum absolute atomic E-state index is 0.0980. The van der Waals surface area contributed by atoms with Crippen molar-refractivity contribution in [3.8, 4) is 0 Å². The van der Waals surface area contributed by atoms with Gasteiger partial charge in [0.1, 0.15) is 0 Å². The summed E-state index contributed by atoms with van der Waals surface area (Å²) in [5.41, 5.74) is 1.19. The number of hydrogen-bond donors (Lipinski definition) is 1. The van der Waals surface area contributed by atoms with Gasteiger partial charge in [-0.3, -0.25) is 4.79 Å². The van der Waals surface area contributed by atoms with Crippen molar-refractivity contribution in [1.82, 2.24) is 9.47 Å². The standard InChI is InChI=1S/C16H25N3O/c1-3-8-19-11-12(4-7-16(19)20)17-13-9-14-5-6-15(10-13)18(14)2/h4,7,11,13-15,17H,3,5-6,8-10H2,1-2H3. The number of nitrogens with one attached hydrogen (secondary N) is 1. The van der Waals surface area contributed by atoms with E-state index >= 15 is 0 Å². The summed E-state index contributed by atoms with van der Waals surface area (Å²) < 4.78 is 1.81. The molecule has 2 fully saturated rings. The Morgan fingerprint density at radius 2 is 1.95 bits per heavy atom. The number of piperidine rings is 1. The van der Waals surface area contributed by atoms with Gasteiger partial charge in [0.2, 0.25) is 0 Å². The first-order valence-electron chi connectivity index (χ1n) is 7.86. The second kappa shape index (κ2) is 5.60. The van der Waals surface area contributed by atoms with E-state index in [1.807, 2.05) is 16.8 Å². The zero-order valence-corrected chi connectivity index (χ0v) is 12.5. The van der Waals surface area contributed by atoms with Crippen molar-refractivity contribution < 1.29 is 0 Å². The van der Waals surface area contributed by atoms with Crippen molar-refractivity contribution in [1.29, 1.82) is 0 Å². The summed E-state index contributed by atoms with van der Waals surface area (Å²) in [5.74, 6) is 0. The van der Waals surface area contributed by atoms with Gasteiger partial charge in [-0.05, 0) is 45.2 Å². The first-order chi connectivity index (χ1) is 9.67. The monoisotopic (exact) mass is 275 g/mol. The second-order valence-corrected chi connectivity index (χ2v) is 6.31. The molecule has 4 heteroatoms. The van der Waals surface area contributed by atoms with Crippen molar-refractivity contribution in [3.63, 3.8) is 0 Å². The van der Waals surface area contributed by atoms with Crippen LogP contribution in [0.2, 0.25) is 0 Å². The summed E-state index contributed by atoms with van der Waals surface area (Å²) in [6.45, 7) is 2.90. The highest BCUT2D eigenvalue weighted by molar-refractivity contribution is 5.41. The Kier molecular flexibility index (Phi) is 3.83. The topological polar surface area (TPSA) is 37.3 Å². The highest BCUT2D eigenvalue weighted by Crippen LogP contribution is 2.35. The van der Waals surface area contributed by atoms with E-state index < -0.39 is 0 Å². The average Bonchev–Trinajstić information content (AvgIpc) is 2.65. The summed E-state index contributed by atoms with van der Waals surface area (Å²) in [6.07, 6.45) is 8.09. The lowest BCUT2D eigenvalue weighted by Gasteiger charge is -2.37. The summed E-state index contributed by atoms with van der Waals surface area (Å²) in [7, 11) is 2.26. The van der Waals surface area contributed by atoms with Crippen LogP contribution in [0.4, 0.5) is 5.69 Å². The van der Waals surface area contributed by atoms with Gasteiger partial charge >= 0.3 is 0 Å². The van der Waals surface area contributed by atoms with Crippen LogP contribution in [0.3, 0.4) is 0 Å². The molecule has 4 nitrogen and oxygen atoms in total. The van der Waals surface area contributed by atoms with Gasteiger partial charge in [0.15, 0.2) is 0 Å². The van der Waals surface area contributed by atoms with E-state index in [0.29, 0.717) is 6.04 Å². The Hall–Kier alpha value is -1.29. The molecular weight excluding hydrogens is 250 g/mol. The van der Waals surface area contributed by atoms with Crippen molar-refractivity contribution in [3.05, 3.63) is 28.7 Å². The number of aryl methyl sites for hydroxylation is 1. The number of anilines is 1. The summed E-state index contributed by atoms with van der Waals surface area (Å²) in [4.78, 5) is 14.3. The fourth-order valence-electron chi connectivity index (χ4n) is 3.80. The maximum absolute atomic E-state index is 11.7. The van der Waals surface area contributed by atoms with E-state index in [4.69, 9.17) is 0 Å². The number of aromatic nitrogens is 1. The van der Waals surface area contributed by atoms with E-state index in [2.05, 4.69) is 24.2 Å². The number of hydrogen-bond acceptors (Lipinski definition) is 3. The Balaban J connectivity index is 1.69. The van der Waals surface area contributed by atoms with Crippen molar-refractivity contribution in [2.75, 3.05) is 12.4 Å². The molecule has 20 heavy (non-hydrogen) atoms. The molecule has 0 aromatic carbocycles. The average molecular weight is 275 g/mol. The van der Waals surface area contributed by atoms with Gasteiger partial charge in [-0.1, -0.05) is 6.92 Å². The molecule has 0 spiro atoms. The SMILES string of the molecule is CCCn1cc(NC2CC3CCC(C2)N3C)ccc1=O. The molecule has 2 unspecified atom stereocenters. The fourth-order valence-corrected chi connectivity index (χ4v) is 3.80. The molecule has 1 aromatic heterocycles. The number of pyridine rings is 1.